The van der Waals surface area contributed by atoms with E-state index in [0.717, 1.165) is 5.56 Å². The number of aliphatic hydroxyl groups excluding tert-OH is 1. The average molecular weight is 499 g/mol. The molecule has 0 bridgehead atoms. The molecule has 1 heterocycles. The topological polar surface area (TPSA) is 179 Å². The van der Waals surface area contributed by atoms with Gasteiger partial charge in [-0.2, -0.15) is 0 Å². The molecule has 11 heteroatoms. The molecule has 1 aliphatic heterocycles. The number of rotatable bonds is 9. The summed E-state index contributed by atoms with van der Waals surface area (Å²) in [6.07, 6.45) is -0.852. The van der Waals surface area contributed by atoms with Crippen molar-refractivity contribution in [3.63, 3.8) is 0 Å². The Morgan fingerprint density at radius 3 is 2.24 bits per heavy atom. The van der Waals surface area contributed by atoms with E-state index in [-0.39, 0.29) is 29.7 Å². The Kier molecular flexibility index (Phi) is 10.2. The van der Waals surface area contributed by atoms with Crippen LogP contribution in [-0.4, -0.2) is 69.5 Å². The van der Waals surface area contributed by atoms with Crippen molar-refractivity contribution < 1.29 is 28.8 Å². The smallest absolute Gasteiger partial charge is 0.345 e. The fourth-order valence-electron chi connectivity index (χ4n) is 4.78. The zero-order chi connectivity index (χ0) is 25.0. The van der Waals surface area contributed by atoms with Crippen LogP contribution in [0, 0.1) is 0 Å². The molecule has 10 nitrogen and oxygen atoms in total. The number of hydrogen-bond acceptors (Lipinski definition) is 6. The summed E-state index contributed by atoms with van der Waals surface area (Å²) in [6, 6.07) is 5.98. The minimum Gasteiger partial charge on any atom is -0.378 e. The molecule has 1 aromatic rings. The molecule has 5 atom stereocenters. The van der Waals surface area contributed by atoms with Gasteiger partial charge in [0.15, 0.2) is 12.1 Å². The van der Waals surface area contributed by atoms with Gasteiger partial charge in [0.1, 0.15) is 0 Å². The second-order valence-electron chi connectivity index (χ2n) is 9.69. The average Bonchev–Trinajstić information content (AvgIpc) is 3.19. The number of nitrogens with two attached hydrogens (primary N) is 3. The number of aliphatic hydroxyl groups is 1. The summed E-state index contributed by atoms with van der Waals surface area (Å²) in [5.74, 6) is -2.65. The van der Waals surface area contributed by atoms with Gasteiger partial charge >= 0.3 is 5.91 Å². The Labute approximate surface area is 206 Å². The molecule has 1 aromatic carbocycles. The van der Waals surface area contributed by atoms with Gasteiger partial charge in [-0.25, -0.2) is 9.28 Å². The van der Waals surface area contributed by atoms with Crippen LogP contribution in [0.15, 0.2) is 30.3 Å². The van der Waals surface area contributed by atoms with Crippen LogP contribution >= 0.6 is 12.4 Å². The molecule has 0 aliphatic carbocycles. The third-order valence-corrected chi connectivity index (χ3v) is 6.46. The number of nitrogens with zero attached hydrogens (tertiary/aromatic N) is 1. The minimum absolute atomic E-state index is 0. The van der Waals surface area contributed by atoms with Gasteiger partial charge in [-0.15, -0.1) is 12.4 Å². The fraction of sp³-hybridized carbons (Fsp3) is 0.565. The molecule has 0 spiro atoms. The number of hydrogen-bond donors (Lipinski definition) is 5. The lowest BCUT2D eigenvalue weighted by atomic mass is 9.93. The first-order valence-electron chi connectivity index (χ1n) is 11.1. The number of amides is 4. The summed E-state index contributed by atoms with van der Waals surface area (Å²) in [5, 5.41) is 13.9. The van der Waals surface area contributed by atoms with Gasteiger partial charge < -0.3 is 27.6 Å². The number of carbonyl (C=O) groups is 4. The summed E-state index contributed by atoms with van der Waals surface area (Å²) < 4.78 is -0.308. The van der Waals surface area contributed by atoms with E-state index in [4.69, 9.17) is 17.2 Å². The van der Waals surface area contributed by atoms with Crippen LogP contribution in [0.2, 0.25) is 0 Å². The zero-order valence-electron chi connectivity index (χ0n) is 19.9. The highest BCUT2D eigenvalue weighted by molar-refractivity contribution is 5.89. The standard InChI is InChI=1S/C23H35N5O5.ClH/c1-23(2,3)28(11-7-10-17(28)20(26)31)22(33)19(30)16(12-14-8-5-4-6-9-14)27-21(32)15(24)13-18(25)29;/h4-6,8-9,15-17,19,30H,7,10-13,24H2,1-3H3,(H4-,25,26,27,29,31,32);1H/p+1/t15-,16?,17-,19?,28?;/m0./s1. The first-order valence-corrected chi connectivity index (χ1v) is 11.1. The van der Waals surface area contributed by atoms with E-state index in [1.165, 1.54) is 0 Å². The first kappa shape index (κ1) is 29.5. The van der Waals surface area contributed by atoms with E-state index in [2.05, 4.69) is 5.32 Å². The molecule has 3 unspecified atom stereocenters. The predicted molar refractivity (Wildman–Crippen MR) is 129 cm³/mol. The van der Waals surface area contributed by atoms with Crippen LogP contribution < -0.4 is 22.5 Å². The van der Waals surface area contributed by atoms with E-state index in [1.54, 1.807) is 24.3 Å². The van der Waals surface area contributed by atoms with Crippen molar-refractivity contribution in [1.82, 2.24) is 5.32 Å². The van der Waals surface area contributed by atoms with Gasteiger partial charge in [0.25, 0.3) is 5.91 Å². The van der Waals surface area contributed by atoms with Crippen molar-refractivity contribution >= 4 is 36.0 Å². The summed E-state index contributed by atoms with van der Waals surface area (Å²) in [7, 11) is 0. The van der Waals surface area contributed by atoms with Crippen LogP contribution in [0.5, 0.6) is 0 Å². The fourth-order valence-corrected chi connectivity index (χ4v) is 4.78. The number of likely N-dealkylation sites (tertiary alicyclic amines) is 1. The number of halogens is 1. The van der Waals surface area contributed by atoms with Gasteiger partial charge in [-0.1, -0.05) is 30.3 Å². The van der Waals surface area contributed by atoms with Crippen molar-refractivity contribution in [2.45, 2.75) is 76.2 Å². The van der Waals surface area contributed by atoms with E-state index in [9.17, 15) is 24.3 Å². The number of carbonyl (C=O) groups excluding carboxylic acids is 4. The number of benzene rings is 1. The van der Waals surface area contributed by atoms with Crippen LogP contribution in [-0.2, 0) is 25.6 Å². The van der Waals surface area contributed by atoms with Gasteiger partial charge in [0.2, 0.25) is 11.8 Å². The summed E-state index contributed by atoms with van der Waals surface area (Å²) in [6.45, 7) is 5.82. The third-order valence-electron chi connectivity index (χ3n) is 6.46. The zero-order valence-corrected chi connectivity index (χ0v) is 20.7. The lowest BCUT2D eigenvalue weighted by Gasteiger charge is -2.47. The minimum atomic E-state index is -1.64. The second kappa shape index (κ2) is 11.7. The molecular formula is C23H37ClN5O5+. The Bertz CT molecular complexity index is 891. The SMILES string of the molecule is CC(C)(C)[N+]1(C(=O)C(O)C(Cc2ccccc2)NC(=O)[C@@H](N)CC(N)=O)CCC[C@H]1C(N)=O.Cl. The molecule has 2 rings (SSSR count). The molecule has 8 N–H and O–H groups in total. The second-order valence-corrected chi connectivity index (χ2v) is 9.69. The molecule has 4 amide bonds. The molecule has 0 radical (unpaired) electrons. The molecule has 1 fully saturated rings. The molecule has 1 aliphatic rings. The van der Waals surface area contributed by atoms with Crippen molar-refractivity contribution in [2.75, 3.05) is 6.54 Å². The number of primary amides is 2. The van der Waals surface area contributed by atoms with Crippen molar-refractivity contribution in [3.05, 3.63) is 35.9 Å². The van der Waals surface area contributed by atoms with E-state index in [0.29, 0.717) is 19.4 Å². The highest BCUT2D eigenvalue weighted by atomic mass is 35.5. The number of quaternary nitrogens is 1. The maximum absolute atomic E-state index is 13.8. The van der Waals surface area contributed by atoms with Gasteiger partial charge in [-0.05, 0) is 32.8 Å². The summed E-state index contributed by atoms with van der Waals surface area (Å²) >= 11 is 0. The van der Waals surface area contributed by atoms with Crippen LogP contribution in [0.1, 0.15) is 45.6 Å². The summed E-state index contributed by atoms with van der Waals surface area (Å²) in [5.41, 5.74) is 16.6. The largest absolute Gasteiger partial charge is 0.378 e. The Morgan fingerprint density at radius 2 is 1.74 bits per heavy atom. The van der Waals surface area contributed by atoms with Crippen molar-refractivity contribution in [2.24, 2.45) is 17.2 Å². The third kappa shape index (κ3) is 6.32. The number of nitrogens with one attached hydrogen (secondary N) is 1. The van der Waals surface area contributed by atoms with Gasteiger partial charge in [0.05, 0.1) is 30.6 Å². The lowest BCUT2D eigenvalue weighted by Crippen LogP contribution is -2.72. The molecular weight excluding hydrogens is 462 g/mol. The monoisotopic (exact) mass is 498 g/mol. The summed E-state index contributed by atoms with van der Waals surface area (Å²) in [4.78, 5) is 49.9. The molecule has 190 valence electrons. The van der Waals surface area contributed by atoms with Crippen molar-refractivity contribution in [1.29, 1.82) is 0 Å². The normalized spacial score (nSPS) is 22.7. The first-order chi connectivity index (χ1) is 15.3. The molecule has 0 saturated carbocycles. The highest BCUT2D eigenvalue weighted by Crippen LogP contribution is 2.38. The van der Waals surface area contributed by atoms with Crippen molar-refractivity contribution in [3.8, 4) is 0 Å². The van der Waals surface area contributed by atoms with E-state index < -0.39 is 53.4 Å². The van der Waals surface area contributed by atoms with Gasteiger partial charge in [0, 0.05) is 12.8 Å². The molecule has 1 saturated heterocycles. The molecule has 34 heavy (non-hydrogen) atoms. The van der Waals surface area contributed by atoms with E-state index in [1.807, 2.05) is 26.8 Å². The molecule has 0 aromatic heterocycles. The maximum atomic E-state index is 13.8. The maximum Gasteiger partial charge on any atom is 0.345 e. The van der Waals surface area contributed by atoms with Crippen LogP contribution in [0.4, 0.5) is 0 Å². The van der Waals surface area contributed by atoms with Crippen LogP contribution in [0.3, 0.4) is 0 Å². The quantitative estimate of drug-likeness (QED) is 0.286. The van der Waals surface area contributed by atoms with Gasteiger partial charge in [-0.3, -0.25) is 14.4 Å². The van der Waals surface area contributed by atoms with Crippen LogP contribution in [0.25, 0.3) is 0 Å². The Morgan fingerprint density at radius 1 is 1.15 bits per heavy atom. The predicted octanol–water partition coefficient (Wildman–Crippen LogP) is -0.511. The Balaban J connectivity index is 0.00000578. The van der Waals surface area contributed by atoms with E-state index >= 15 is 0 Å². The Hall–Kier alpha value is -2.53. The lowest BCUT2D eigenvalue weighted by molar-refractivity contribution is -0.904. The highest BCUT2D eigenvalue weighted by Gasteiger charge is 2.60.